The SMILES string of the molecule is CCC1CN(C(=O)c2cnn3ccncc23)CCC1c1ccccc1. The van der Waals surface area contributed by atoms with Gasteiger partial charge in [-0.2, -0.15) is 5.10 Å². The molecule has 5 nitrogen and oxygen atoms in total. The van der Waals surface area contributed by atoms with Crippen molar-refractivity contribution in [3.63, 3.8) is 0 Å². The van der Waals surface area contributed by atoms with Gasteiger partial charge in [0.2, 0.25) is 0 Å². The number of piperidine rings is 1. The molecule has 1 fully saturated rings. The molecule has 25 heavy (non-hydrogen) atoms. The molecule has 2 aromatic heterocycles. The zero-order valence-electron chi connectivity index (χ0n) is 14.4. The summed E-state index contributed by atoms with van der Waals surface area (Å²) in [6.07, 6.45) is 8.87. The minimum Gasteiger partial charge on any atom is -0.338 e. The van der Waals surface area contributed by atoms with Crippen LogP contribution in [-0.4, -0.2) is 38.5 Å². The van der Waals surface area contributed by atoms with Crippen molar-refractivity contribution in [1.29, 1.82) is 0 Å². The van der Waals surface area contributed by atoms with Crippen molar-refractivity contribution in [2.75, 3.05) is 13.1 Å². The van der Waals surface area contributed by atoms with Crippen LogP contribution in [0.3, 0.4) is 0 Å². The second kappa shape index (κ2) is 6.67. The fourth-order valence-electron chi connectivity index (χ4n) is 3.94. The Balaban J connectivity index is 1.56. The lowest BCUT2D eigenvalue weighted by molar-refractivity contribution is 0.0647. The maximum Gasteiger partial charge on any atom is 0.257 e. The van der Waals surface area contributed by atoms with Gasteiger partial charge in [-0.15, -0.1) is 0 Å². The summed E-state index contributed by atoms with van der Waals surface area (Å²) in [5.74, 6) is 1.08. The van der Waals surface area contributed by atoms with Crippen molar-refractivity contribution < 1.29 is 4.79 Å². The first-order chi connectivity index (χ1) is 12.3. The average Bonchev–Trinajstić information content (AvgIpc) is 3.11. The fourth-order valence-corrected chi connectivity index (χ4v) is 3.94. The summed E-state index contributed by atoms with van der Waals surface area (Å²) in [6.45, 7) is 3.80. The molecule has 2 atom stereocenters. The van der Waals surface area contributed by atoms with E-state index in [4.69, 9.17) is 0 Å². The maximum absolute atomic E-state index is 13.0. The molecule has 1 aliphatic rings. The Morgan fingerprint density at radius 1 is 1.24 bits per heavy atom. The molecule has 128 valence electrons. The number of benzene rings is 1. The molecule has 0 saturated carbocycles. The molecule has 3 aromatic rings. The van der Waals surface area contributed by atoms with Gasteiger partial charge in [-0.1, -0.05) is 43.7 Å². The number of carbonyl (C=O) groups is 1. The Morgan fingerprint density at radius 2 is 2.08 bits per heavy atom. The highest BCUT2D eigenvalue weighted by molar-refractivity contribution is 6.00. The van der Waals surface area contributed by atoms with E-state index in [1.165, 1.54) is 5.56 Å². The van der Waals surface area contributed by atoms with Crippen LogP contribution in [-0.2, 0) is 0 Å². The first-order valence-electron chi connectivity index (χ1n) is 8.89. The van der Waals surface area contributed by atoms with Gasteiger partial charge in [0.15, 0.2) is 0 Å². The van der Waals surface area contributed by atoms with Crippen LogP contribution in [0.5, 0.6) is 0 Å². The van der Waals surface area contributed by atoms with Crippen LogP contribution in [0.2, 0.25) is 0 Å². The van der Waals surface area contributed by atoms with E-state index in [9.17, 15) is 4.79 Å². The lowest BCUT2D eigenvalue weighted by Crippen LogP contribution is -2.42. The van der Waals surface area contributed by atoms with Crippen LogP contribution in [0.1, 0.15) is 41.6 Å². The molecule has 0 aliphatic carbocycles. The molecule has 0 N–H and O–H groups in total. The largest absolute Gasteiger partial charge is 0.338 e. The quantitative estimate of drug-likeness (QED) is 0.738. The number of likely N-dealkylation sites (tertiary alicyclic amines) is 1. The molecule has 4 rings (SSSR count). The van der Waals surface area contributed by atoms with Crippen LogP contribution in [0.4, 0.5) is 0 Å². The first-order valence-corrected chi connectivity index (χ1v) is 8.89. The minimum absolute atomic E-state index is 0.0629. The van der Waals surface area contributed by atoms with Gasteiger partial charge in [-0.05, 0) is 23.8 Å². The highest BCUT2D eigenvalue weighted by Gasteiger charge is 2.32. The molecule has 1 aromatic carbocycles. The standard InChI is InChI=1S/C20H22N4O/c1-2-15-14-23(10-8-17(15)16-6-4-3-5-7-16)20(25)18-12-22-24-11-9-21-13-19(18)24/h3-7,9,11-13,15,17H,2,8,10,14H2,1H3. The van der Waals surface area contributed by atoms with Crippen LogP contribution in [0.15, 0.2) is 55.1 Å². The van der Waals surface area contributed by atoms with E-state index in [1.807, 2.05) is 4.90 Å². The summed E-state index contributed by atoms with van der Waals surface area (Å²) in [4.78, 5) is 19.1. The Kier molecular flexibility index (Phi) is 4.22. The molecular weight excluding hydrogens is 312 g/mol. The number of hydrogen-bond acceptors (Lipinski definition) is 3. The second-order valence-corrected chi connectivity index (χ2v) is 6.69. The Bertz CT molecular complexity index is 874. The molecular formula is C20H22N4O. The van der Waals surface area contributed by atoms with Crippen LogP contribution < -0.4 is 0 Å². The summed E-state index contributed by atoms with van der Waals surface area (Å²) in [7, 11) is 0. The van der Waals surface area contributed by atoms with E-state index in [2.05, 4.69) is 47.3 Å². The van der Waals surface area contributed by atoms with Crippen LogP contribution in [0.25, 0.3) is 5.52 Å². The van der Waals surface area contributed by atoms with E-state index in [0.29, 0.717) is 17.4 Å². The van der Waals surface area contributed by atoms with Gasteiger partial charge in [0.1, 0.15) is 0 Å². The summed E-state index contributed by atoms with van der Waals surface area (Å²) in [5, 5.41) is 4.27. The van der Waals surface area contributed by atoms with Gasteiger partial charge in [-0.3, -0.25) is 9.78 Å². The molecule has 0 spiro atoms. The maximum atomic E-state index is 13.0. The lowest BCUT2D eigenvalue weighted by atomic mass is 9.79. The first kappa shape index (κ1) is 15.8. The molecule has 5 heteroatoms. The zero-order valence-corrected chi connectivity index (χ0v) is 14.4. The number of carbonyl (C=O) groups excluding carboxylic acids is 1. The van der Waals surface area contributed by atoms with Crippen LogP contribution in [0, 0.1) is 5.92 Å². The fraction of sp³-hybridized carbons (Fsp3) is 0.350. The summed E-state index contributed by atoms with van der Waals surface area (Å²) in [6, 6.07) is 10.7. The van der Waals surface area contributed by atoms with Crippen LogP contribution >= 0.6 is 0 Å². The average molecular weight is 334 g/mol. The normalized spacial score (nSPS) is 20.8. The number of fused-ring (bicyclic) bond motifs is 1. The van der Waals surface area contributed by atoms with Gasteiger partial charge in [0.25, 0.3) is 5.91 Å². The smallest absolute Gasteiger partial charge is 0.257 e. The highest BCUT2D eigenvalue weighted by atomic mass is 16.2. The molecule has 1 amide bonds. The molecule has 0 radical (unpaired) electrons. The van der Waals surface area contributed by atoms with Crippen molar-refractivity contribution in [1.82, 2.24) is 19.5 Å². The summed E-state index contributed by atoms with van der Waals surface area (Å²) < 4.78 is 1.70. The zero-order chi connectivity index (χ0) is 17.2. The third kappa shape index (κ3) is 2.90. The van der Waals surface area contributed by atoms with Gasteiger partial charge < -0.3 is 4.90 Å². The Morgan fingerprint density at radius 3 is 2.88 bits per heavy atom. The number of amides is 1. The van der Waals surface area contributed by atoms with E-state index in [1.54, 1.807) is 29.3 Å². The van der Waals surface area contributed by atoms with Gasteiger partial charge in [0.05, 0.1) is 23.5 Å². The Hall–Kier alpha value is -2.69. The third-order valence-electron chi connectivity index (χ3n) is 5.33. The van der Waals surface area contributed by atoms with Crippen molar-refractivity contribution >= 4 is 11.4 Å². The molecule has 1 saturated heterocycles. The molecule has 1 aliphatic heterocycles. The van der Waals surface area contributed by atoms with E-state index < -0.39 is 0 Å². The van der Waals surface area contributed by atoms with Gasteiger partial charge >= 0.3 is 0 Å². The van der Waals surface area contributed by atoms with Gasteiger partial charge in [0, 0.05) is 25.5 Å². The predicted molar refractivity (Wildman–Crippen MR) is 96.5 cm³/mol. The predicted octanol–water partition coefficient (Wildman–Crippen LogP) is 3.39. The van der Waals surface area contributed by atoms with Crippen molar-refractivity contribution in [2.45, 2.75) is 25.7 Å². The lowest BCUT2D eigenvalue weighted by Gasteiger charge is -2.38. The molecule has 2 unspecified atom stereocenters. The number of aromatic nitrogens is 3. The summed E-state index contributed by atoms with van der Waals surface area (Å²) in [5.41, 5.74) is 2.80. The van der Waals surface area contributed by atoms with Crippen molar-refractivity contribution in [2.24, 2.45) is 5.92 Å². The number of rotatable bonds is 3. The van der Waals surface area contributed by atoms with Crippen molar-refractivity contribution in [3.05, 3.63) is 66.2 Å². The van der Waals surface area contributed by atoms with Gasteiger partial charge in [-0.25, -0.2) is 4.52 Å². The van der Waals surface area contributed by atoms with E-state index in [-0.39, 0.29) is 5.91 Å². The minimum atomic E-state index is 0.0629. The second-order valence-electron chi connectivity index (χ2n) is 6.69. The molecule has 3 heterocycles. The highest BCUT2D eigenvalue weighted by Crippen LogP contribution is 2.35. The van der Waals surface area contributed by atoms with Crippen molar-refractivity contribution in [3.8, 4) is 0 Å². The third-order valence-corrected chi connectivity index (χ3v) is 5.33. The monoisotopic (exact) mass is 334 g/mol. The summed E-state index contributed by atoms with van der Waals surface area (Å²) >= 11 is 0. The number of hydrogen-bond donors (Lipinski definition) is 0. The van der Waals surface area contributed by atoms with E-state index >= 15 is 0 Å². The van der Waals surface area contributed by atoms with E-state index in [0.717, 1.165) is 31.4 Å². The Labute approximate surface area is 147 Å². The topological polar surface area (TPSA) is 50.5 Å². The molecule has 0 bridgehead atoms. The number of nitrogens with zero attached hydrogens (tertiary/aromatic N) is 4.